The molecular weight excluding hydrogens is 246 g/mol. The average Bonchev–Trinajstić information content (AvgIpc) is 2.12. The van der Waals surface area contributed by atoms with Crippen molar-refractivity contribution in [1.29, 1.82) is 0 Å². The topological polar surface area (TPSA) is 55.5 Å². The van der Waals surface area contributed by atoms with Crippen molar-refractivity contribution in [3.05, 3.63) is 27.7 Å². The molecule has 0 fully saturated rings. The van der Waals surface area contributed by atoms with Crippen molar-refractivity contribution in [3.63, 3.8) is 0 Å². The Morgan fingerprint density at radius 1 is 1.57 bits per heavy atom. The van der Waals surface area contributed by atoms with Gasteiger partial charge in [0, 0.05) is 10.0 Å². The van der Waals surface area contributed by atoms with Crippen LogP contribution in [0.1, 0.15) is 17.2 Å². The normalized spacial score (nSPS) is 25.4. The van der Waals surface area contributed by atoms with Crippen LogP contribution in [0.5, 0.6) is 5.75 Å². The van der Waals surface area contributed by atoms with Crippen LogP contribution in [0, 0.1) is 6.92 Å². The number of hydrogen-bond donors (Lipinski definition) is 2. The van der Waals surface area contributed by atoms with E-state index in [4.69, 9.17) is 10.5 Å². The molecule has 2 atom stereocenters. The molecule has 1 aliphatic rings. The minimum atomic E-state index is -0.615. The predicted octanol–water partition coefficient (Wildman–Crippen LogP) is 1.51. The second-order valence-electron chi connectivity index (χ2n) is 3.55. The van der Waals surface area contributed by atoms with Gasteiger partial charge < -0.3 is 15.6 Å². The SMILES string of the molecule is Cc1cc(Br)cc2c1OC[C@H](O)[C@@H]2N. The summed E-state index contributed by atoms with van der Waals surface area (Å²) in [4.78, 5) is 0. The highest BCUT2D eigenvalue weighted by Gasteiger charge is 2.27. The number of nitrogens with two attached hydrogens (primary N) is 1. The minimum absolute atomic E-state index is 0.274. The monoisotopic (exact) mass is 257 g/mol. The fourth-order valence-corrected chi connectivity index (χ4v) is 2.27. The zero-order chi connectivity index (χ0) is 10.3. The third kappa shape index (κ3) is 1.54. The molecule has 76 valence electrons. The highest BCUT2D eigenvalue weighted by molar-refractivity contribution is 9.10. The van der Waals surface area contributed by atoms with E-state index in [1.807, 2.05) is 19.1 Å². The van der Waals surface area contributed by atoms with Crippen LogP contribution in [0.25, 0.3) is 0 Å². The quantitative estimate of drug-likeness (QED) is 0.741. The lowest BCUT2D eigenvalue weighted by atomic mass is 9.97. The fraction of sp³-hybridized carbons (Fsp3) is 0.400. The van der Waals surface area contributed by atoms with Gasteiger partial charge in [-0.1, -0.05) is 15.9 Å². The Kier molecular flexibility index (Phi) is 2.51. The first-order chi connectivity index (χ1) is 6.59. The van der Waals surface area contributed by atoms with Crippen LogP contribution in [0.4, 0.5) is 0 Å². The summed E-state index contributed by atoms with van der Waals surface area (Å²) < 4.78 is 6.40. The largest absolute Gasteiger partial charge is 0.490 e. The smallest absolute Gasteiger partial charge is 0.127 e. The zero-order valence-corrected chi connectivity index (χ0v) is 9.41. The van der Waals surface area contributed by atoms with E-state index in [0.29, 0.717) is 0 Å². The van der Waals surface area contributed by atoms with Gasteiger partial charge in [-0.3, -0.25) is 0 Å². The second-order valence-corrected chi connectivity index (χ2v) is 4.46. The molecule has 0 unspecified atom stereocenters. The molecule has 14 heavy (non-hydrogen) atoms. The average molecular weight is 258 g/mol. The molecule has 1 aromatic rings. The maximum absolute atomic E-state index is 9.54. The second kappa shape index (κ2) is 3.53. The Morgan fingerprint density at radius 2 is 2.29 bits per heavy atom. The lowest BCUT2D eigenvalue weighted by molar-refractivity contribution is 0.0674. The first-order valence-corrected chi connectivity index (χ1v) is 5.25. The number of aryl methyl sites for hydroxylation is 1. The summed E-state index contributed by atoms with van der Waals surface area (Å²) in [7, 11) is 0. The van der Waals surface area contributed by atoms with E-state index in [1.54, 1.807) is 0 Å². The van der Waals surface area contributed by atoms with E-state index in [1.165, 1.54) is 0 Å². The molecule has 2 rings (SSSR count). The summed E-state index contributed by atoms with van der Waals surface area (Å²) in [6.07, 6.45) is -0.615. The molecule has 3 nitrogen and oxygen atoms in total. The summed E-state index contributed by atoms with van der Waals surface area (Å²) >= 11 is 3.40. The summed E-state index contributed by atoms with van der Waals surface area (Å²) in [6, 6.07) is 3.52. The molecule has 0 spiro atoms. The lowest BCUT2D eigenvalue weighted by Gasteiger charge is -2.29. The minimum Gasteiger partial charge on any atom is -0.490 e. The number of hydrogen-bond acceptors (Lipinski definition) is 3. The van der Waals surface area contributed by atoms with E-state index in [-0.39, 0.29) is 12.6 Å². The number of aliphatic hydroxyl groups excluding tert-OH is 1. The van der Waals surface area contributed by atoms with E-state index in [9.17, 15) is 5.11 Å². The number of aliphatic hydroxyl groups is 1. The van der Waals surface area contributed by atoms with Crippen LogP contribution in [-0.2, 0) is 0 Å². The number of halogens is 1. The molecular formula is C10H12BrNO2. The molecule has 4 heteroatoms. The summed E-state index contributed by atoms with van der Waals surface area (Å²) in [5.41, 5.74) is 7.79. The van der Waals surface area contributed by atoms with Crippen LogP contribution in [0.15, 0.2) is 16.6 Å². The van der Waals surface area contributed by atoms with Crippen molar-refractivity contribution < 1.29 is 9.84 Å². The third-order valence-electron chi connectivity index (χ3n) is 2.44. The van der Waals surface area contributed by atoms with Crippen LogP contribution < -0.4 is 10.5 Å². The number of fused-ring (bicyclic) bond motifs is 1. The predicted molar refractivity (Wildman–Crippen MR) is 57.3 cm³/mol. The summed E-state index contributed by atoms with van der Waals surface area (Å²) in [6.45, 7) is 2.24. The van der Waals surface area contributed by atoms with Crippen LogP contribution in [0.2, 0.25) is 0 Å². The Balaban J connectivity index is 2.54. The maximum atomic E-state index is 9.54. The van der Waals surface area contributed by atoms with Gasteiger partial charge in [-0.05, 0) is 24.6 Å². The molecule has 1 heterocycles. The Morgan fingerprint density at radius 3 is 3.00 bits per heavy atom. The van der Waals surface area contributed by atoms with Gasteiger partial charge in [0.1, 0.15) is 18.5 Å². The van der Waals surface area contributed by atoms with Crippen LogP contribution in [0.3, 0.4) is 0 Å². The first-order valence-electron chi connectivity index (χ1n) is 4.46. The van der Waals surface area contributed by atoms with E-state index in [2.05, 4.69) is 15.9 Å². The fourth-order valence-electron chi connectivity index (χ4n) is 1.68. The van der Waals surface area contributed by atoms with Crippen molar-refractivity contribution in [3.8, 4) is 5.75 Å². The first kappa shape index (κ1) is 9.96. The highest BCUT2D eigenvalue weighted by atomic mass is 79.9. The van der Waals surface area contributed by atoms with Gasteiger partial charge in [0.25, 0.3) is 0 Å². The molecule has 0 radical (unpaired) electrons. The Labute approximate surface area is 91.0 Å². The van der Waals surface area contributed by atoms with Crippen molar-refractivity contribution in [2.75, 3.05) is 6.61 Å². The van der Waals surface area contributed by atoms with Gasteiger partial charge >= 0.3 is 0 Å². The molecule has 0 amide bonds. The van der Waals surface area contributed by atoms with Crippen molar-refractivity contribution in [2.24, 2.45) is 5.73 Å². The summed E-state index contributed by atoms with van der Waals surface area (Å²) in [5.74, 6) is 0.811. The number of benzene rings is 1. The number of rotatable bonds is 0. The number of ether oxygens (including phenoxy) is 1. The van der Waals surface area contributed by atoms with Crippen molar-refractivity contribution in [1.82, 2.24) is 0 Å². The van der Waals surface area contributed by atoms with Crippen molar-refractivity contribution in [2.45, 2.75) is 19.1 Å². The van der Waals surface area contributed by atoms with Crippen molar-refractivity contribution >= 4 is 15.9 Å². The van der Waals surface area contributed by atoms with Gasteiger partial charge in [0.2, 0.25) is 0 Å². The van der Waals surface area contributed by atoms with Crippen LogP contribution >= 0.6 is 15.9 Å². The summed E-state index contributed by atoms with van der Waals surface area (Å²) in [5, 5.41) is 9.54. The van der Waals surface area contributed by atoms with E-state index >= 15 is 0 Å². The molecule has 0 bridgehead atoms. The Bertz CT molecular complexity index is 367. The molecule has 0 saturated carbocycles. The molecule has 0 aromatic heterocycles. The van der Waals surface area contributed by atoms with Gasteiger partial charge in [-0.2, -0.15) is 0 Å². The zero-order valence-electron chi connectivity index (χ0n) is 7.83. The standard InChI is InChI=1S/C10H12BrNO2/c1-5-2-6(11)3-7-9(12)8(13)4-14-10(5)7/h2-3,8-9,13H,4,12H2,1H3/t8-,9+/m0/s1. The van der Waals surface area contributed by atoms with Gasteiger partial charge in [-0.15, -0.1) is 0 Å². The molecule has 1 aliphatic heterocycles. The van der Waals surface area contributed by atoms with Gasteiger partial charge in [-0.25, -0.2) is 0 Å². The van der Waals surface area contributed by atoms with E-state index in [0.717, 1.165) is 21.3 Å². The lowest BCUT2D eigenvalue weighted by Crippen LogP contribution is -2.36. The molecule has 0 saturated heterocycles. The maximum Gasteiger partial charge on any atom is 0.127 e. The Hall–Kier alpha value is -0.580. The third-order valence-corrected chi connectivity index (χ3v) is 2.90. The van der Waals surface area contributed by atoms with Gasteiger partial charge in [0.15, 0.2) is 0 Å². The van der Waals surface area contributed by atoms with E-state index < -0.39 is 6.10 Å². The molecule has 0 aliphatic carbocycles. The van der Waals surface area contributed by atoms with Crippen LogP contribution in [-0.4, -0.2) is 17.8 Å². The molecule has 1 aromatic carbocycles. The van der Waals surface area contributed by atoms with Gasteiger partial charge in [0.05, 0.1) is 6.04 Å². The highest BCUT2D eigenvalue weighted by Crippen LogP contribution is 2.35. The molecule has 3 N–H and O–H groups in total.